The molecule has 3 fully saturated rings. The number of hydrogen-bond donors (Lipinski definition) is 1. The van der Waals surface area contributed by atoms with E-state index in [1.54, 1.807) is 19.1 Å². The molecule has 3 aromatic carbocycles. The van der Waals surface area contributed by atoms with Gasteiger partial charge >= 0.3 is 30.7 Å². The highest BCUT2D eigenvalue weighted by atomic mass is 19.4. The summed E-state index contributed by atoms with van der Waals surface area (Å²) in [5.41, 5.74) is -3.83. The molecule has 7 nitrogen and oxygen atoms in total. The van der Waals surface area contributed by atoms with Crippen molar-refractivity contribution in [3.05, 3.63) is 88.0 Å². The Morgan fingerprint density at radius 1 is 0.729 bits per heavy atom. The van der Waals surface area contributed by atoms with Crippen LogP contribution in [0.25, 0.3) is 11.1 Å². The van der Waals surface area contributed by atoms with E-state index in [0.29, 0.717) is 17.7 Å². The molecule has 1 unspecified atom stereocenters. The summed E-state index contributed by atoms with van der Waals surface area (Å²) in [4.78, 5) is 26.2. The molecule has 3 aliphatic heterocycles. The maximum Gasteiger partial charge on any atom is 0.416 e. The second-order valence-corrected chi connectivity index (χ2v) is 11.7. The summed E-state index contributed by atoms with van der Waals surface area (Å²) in [6, 6.07) is 5.85. The molecule has 6 rings (SSSR count). The van der Waals surface area contributed by atoms with E-state index >= 15 is 0 Å². The lowest BCUT2D eigenvalue weighted by Crippen LogP contribution is -2.31. The maximum atomic E-state index is 14.0. The van der Waals surface area contributed by atoms with E-state index in [1.165, 1.54) is 19.2 Å². The van der Waals surface area contributed by atoms with Crippen LogP contribution in [0.2, 0.25) is 0 Å². The Hall–Kier alpha value is -4.63. The van der Waals surface area contributed by atoms with Gasteiger partial charge in [0.15, 0.2) is 0 Å². The van der Waals surface area contributed by atoms with Gasteiger partial charge in [0, 0.05) is 5.56 Å². The third-order valence-corrected chi connectivity index (χ3v) is 8.77. The highest BCUT2D eigenvalue weighted by molar-refractivity contribution is 5.78. The third-order valence-electron chi connectivity index (χ3n) is 8.77. The van der Waals surface area contributed by atoms with Gasteiger partial charge in [-0.3, -0.25) is 4.90 Å². The van der Waals surface area contributed by atoms with Crippen molar-refractivity contribution in [2.75, 3.05) is 7.11 Å². The second kappa shape index (κ2) is 11.5. The highest BCUT2D eigenvalue weighted by Gasteiger charge is 2.52. The summed E-state index contributed by atoms with van der Waals surface area (Å²) in [6.45, 7) is 1.69. The molecule has 3 aliphatic rings. The lowest BCUT2D eigenvalue weighted by Gasteiger charge is -2.26. The maximum absolute atomic E-state index is 14.0. The van der Waals surface area contributed by atoms with E-state index in [2.05, 4.69) is 5.32 Å². The molecule has 3 heterocycles. The Morgan fingerprint density at radius 2 is 1.38 bits per heavy atom. The van der Waals surface area contributed by atoms with Gasteiger partial charge in [0.2, 0.25) is 0 Å². The molecule has 0 spiro atoms. The molecule has 0 bridgehead atoms. The molecule has 256 valence electrons. The average Bonchev–Trinajstić information content (AvgIpc) is 3.69. The van der Waals surface area contributed by atoms with Crippen LogP contribution in [0.5, 0.6) is 5.75 Å². The average molecular weight is 689 g/mol. The summed E-state index contributed by atoms with van der Waals surface area (Å²) < 4.78 is 140. The first-order valence-corrected chi connectivity index (χ1v) is 14.5. The van der Waals surface area contributed by atoms with Gasteiger partial charge in [-0.2, -0.15) is 39.5 Å². The molecule has 48 heavy (non-hydrogen) atoms. The van der Waals surface area contributed by atoms with Crippen LogP contribution in [0.15, 0.2) is 54.6 Å². The molecule has 0 radical (unpaired) electrons. The molecule has 2 amide bonds. The number of alkyl halides is 9. The summed E-state index contributed by atoms with van der Waals surface area (Å²) in [7, 11) is 1.33. The number of benzene rings is 3. The molecular weight excluding hydrogens is 663 g/mol. The Balaban J connectivity index is 1.45. The van der Waals surface area contributed by atoms with Crippen LogP contribution in [0.1, 0.15) is 71.4 Å². The van der Waals surface area contributed by atoms with Crippen LogP contribution in [0.3, 0.4) is 0 Å². The minimum Gasteiger partial charge on any atom is -0.496 e. The van der Waals surface area contributed by atoms with Crippen LogP contribution < -0.4 is 10.1 Å². The number of alkyl carbamates (subject to hydrolysis) is 1. The fraction of sp³-hybridized carbons (Fsp3) is 0.375. The van der Waals surface area contributed by atoms with Crippen molar-refractivity contribution in [2.45, 2.75) is 68.6 Å². The van der Waals surface area contributed by atoms with Gasteiger partial charge in [-0.05, 0) is 84.5 Å². The number of carbonyl (C=O) groups is 2. The highest BCUT2D eigenvalue weighted by Crippen LogP contribution is 2.52. The van der Waals surface area contributed by atoms with Gasteiger partial charge in [-0.25, -0.2) is 9.59 Å². The minimum absolute atomic E-state index is 0.00464. The van der Waals surface area contributed by atoms with E-state index < -0.39 is 83.3 Å². The summed E-state index contributed by atoms with van der Waals surface area (Å²) in [6.07, 6.45) is -19.2. The van der Waals surface area contributed by atoms with Crippen molar-refractivity contribution >= 4 is 12.2 Å². The lowest BCUT2D eigenvalue weighted by molar-refractivity contribution is -0.143. The Morgan fingerprint density at radius 3 is 1.94 bits per heavy atom. The molecular formula is C32H25F9N2O5. The normalized spacial score (nSPS) is 24.3. The van der Waals surface area contributed by atoms with E-state index in [-0.39, 0.29) is 41.3 Å². The number of fused-ring (bicyclic) bond motifs is 1. The number of carbonyl (C=O) groups excluding carboxylic acids is 2. The van der Waals surface area contributed by atoms with E-state index in [0.717, 1.165) is 17.0 Å². The van der Waals surface area contributed by atoms with Crippen LogP contribution >= 0.6 is 0 Å². The van der Waals surface area contributed by atoms with E-state index in [4.69, 9.17) is 14.2 Å². The number of nitrogens with one attached hydrogen (secondary N) is 1. The monoisotopic (exact) mass is 688 g/mol. The number of rotatable bonds is 5. The number of methoxy groups -OCH3 is 1. The van der Waals surface area contributed by atoms with Crippen LogP contribution in [0, 0.1) is 0 Å². The van der Waals surface area contributed by atoms with Crippen LogP contribution in [-0.2, 0) is 28.0 Å². The van der Waals surface area contributed by atoms with Gasteiger partial charge in [0.05, 0.1) is 41.9 Å². The smallest absolute Gasteiger partial charge is 0.416 e. The first kappa shape index (κ1) is 33.3. The number of amides is 2. The van der Waals surface area contributed by atoms with Crippen LogP contribution in [0.4, 0.5) is 49.1 Å². The largest absolute Gasteiger partial charge is 0.496 e. The second-order valence-electron chi connectivity index (χ2n) is 11.7. The topological polar surface area (TPSA) is 77.1 Å². The molecule has 0 aromatic heterocycles. The van der Waals surface area contributed by atoms with Gasteiger partial charge in [0.25, 0.3) is 0 Å². The zero-order valence-electron chi connectivity index (χ0n) is 24.9. The fourth-order valence-electron chi connectivity index (χ4n) is 6.63. The molecule has 0 aliphatic carbocycles. The lowest BCUT2D eigenvalue weighted by atomic mass is 9.89. The zero-order chi connectivity index (χ0) is 34.9. The molecule has 3 aromatic rings. The van der Waals surface area contributed by atoms with Crippen molar-refractivity contribution in [1.29, 1.82) is 0 Å². The van der Waals surface area contributed by atoms with Crippen molar-refractivity contribution in [3.8, 4) is 16.9 Å². The SMILES string of the molecule is COc1ccc([C@H]2OC(=O)N[C@H]2C)cc1-c1ccc(C(F)(F)F)cc1C1CC[C@H]2[C@@H](c3cc(C(F)(F)F)cc(C(F)(F)F)c3)OC(=O)N12. The molecule has 1 N–H and O–H groups in total. The molecule has 3 saturated heterocycles. The summed E-state index contributed by atoms with van der Waals surface area (Å²) >= 11 is 0. The Bertz CT molecular complexity index is 1740. The fourth-order valence-corrected chi connectivity index (χ4v) is 6.63. The molecule has 16 heteroatoms. The third kappa shape index (κ3) is 5.96. The predicted molar refractivity (Wildman–Crippen MR) is 149 cm³/mol. The quantitative estimate of drug-likeness (QED) is 0.271. The molecule has 5 atom stereocenters. The van der Waals surface area contributed by atoms with Gasteiger partial charge in [-0.15, -0.1) is 0 Å². The zero-order valence-corrected chi connectivity index (χ0v) is 24.9. The number of cyclic esters (lactones) is 2. The van der Waals surface area contributed by atoms with Crippen LogP contribution in [-0.4, -0.2) is 36.3 Å². The molecule has 0 saturated carbocycles. The minimum atomic E-state index is -5.15. The summed E-state index contributed by atoms with van der Waals surface area (Å²) in [5.74, 6) is 0.227. The Labute approximate surface area is 266 Å². The van der Waals surface area contributed by atoms with Crippen molar-refractivity contribution in [1.82, 2.24) is 10.2 Å². The number of ether oxygens (including phenoxy) is 3. The van der Waals surface area contributed by atoms with Crippen molar-refractivity contribution < 1.29 is 63.3 Å². The number of nitrogens with zero attached hydrogens (tertiary/aromatic N) is 1. The number of hydrogen-bond acceptors (Lipinski definition) is 5. The van der Waals surface area contributed by atoms with Gasteiger partial charge in [-0.1, -0.05) is 12.1 Å². The predicted octanol–water partition coefficient (Wildman–Crippen LogP) is 8.98. The van der Waals surface area contributed by atoms with Gasteiger partial charge in [0.1, 0.15) is 18.0 Å². The number of halogens is 9. The van der Waals surface area contributed by atoms with E-state index in [1.807, 2.05) is 0 Å². The van der Waals surface area contributed by atoms with E-state index in [9.17, 15) is 49.1 Å². The van der Waals surface area contributed by atoms with Crippen molar-refractivity contribution in [2.24, 2.45) is 0 Å². The first-order valence-electron chi connectivity index (χ1n) is 14.5. The first-order chi connectivity index (χ1) is 22.4. The summed E-state index contributed by atoms with van der Waals surface area (Å²) in [5, 5.41) is 2.60. The van der Waals surface area contributed by atoms with Gasteiger partial charge < -0.3 is 19.5 Å². The van der Waals surface area contributed by atoms with Crippen molar-refractivity contribution in [3.63, 3.8) is 0 Å². The standard InChI is InChI=1S/C32H25F9N2O5/c1-14-26(47-28(44)42-14)15-3-8-25(46-2)22(11-15)20-5-4-17(30(33,34)35)13-21(20)23-6-7-24-27(48-29(45)43(23)24)16-9-18(31(36,37)38)12-19(10-16)32(39,40)41/h3-5,8-14,23-24,26-27H,6-7H2,1-2H3,(H,42,44)/t14-,23?,24-,26-,27+/m0/s1. The Kier molecular flexibility index (Phi) is 7.98.